The van der Waals surface area contributed by atoms with E-state index in [1.54, 1.807) is 4.90 Å². The lowest BCUT2D eigenvalue weighted by molar-refractivity contribution is -0.160. The van der Waals surface area contributed by atoms with Crippen LogP contribution in [0, 0.1) is 5.92 Å². The van der Waals surface area contributed by atoms with Gasteiger partial charge in [0, 0.05) is 54.0 Å². The molecule has 3 unspecified atom stereocenters. The highest BCUT2D eigenvalue weighted by molar-refractivity contribution is 14.1. The molecule has 0 N–H and O–H groups in total. The first-order valence-corrected chi connectivity index (χ1v) is 7.04. The minimum atomic E-state index is -4.26. The Morgan fingerprint density at radius 1 is 1.33 bits per heavy atom. The molecule has 3 nitrogen and oxygen atoms in total. The van der Waals surface area contributed by atoms with Crippen LogP contribution in [0.5, 0.6) is 0 Å². The Morgan fingerprint density at radius 3 is 2.28 bits per heavy atom. The van der Waals surface area contributed by atoms with E-state index in [1.807, 2.05) is 0 Å². The van der Waals surface area contributed by atoms with E-state index in [0.29, 0.717) is 0 Å². The van der Waals surface area contributed by atoms with Crippen LogP contribution in [0.3, 0.4) is 0 Å². The molecule has 2 heterocycles. The molecular formula is C11H16F3IN2O. The predicted molar refractivity (Wildman–Crippen MR) is 69.1 cm³/mol. The van der Waals surface area contributed by atoms with Crippen molar-refractivity contribution in [3.05, 3.63) is 0 Å². The fourth-order valence-corrected chi connectivity index (χ4v) is 3.81. The number of carbonyl (C=O) groups excluding carboxylic acids is 1. The summed E-state index contributed by atoms with van der Waals surface area (Å²) in [6.07, 6.45) is -3.46. The number of rotatable bonds is 2. The highest BCUT2D eigenvalue weighted by Crippen LogP contribution is 2.34. The highest BCUT2D eigenvalue weighted by atomic mass is 127. The monoisotopic (exact) mass is 376 g/mol. The second-order valence-corrected chi connectivity index (χ2v) is 6.54. The molecule has 2 aliphatic heterocycles. The van der Waals surface area contributed by atoms with Crippen LogP contribution in [0.25, 0.3) is 0 Å². The molecule has 2 fully saturated rings. The molecule has 2 bridgehead atoms. The third-order valence-corrected chi connectivity index (χ3v) is 4.44. The van der Waals surface area contributed by atoms with Crippen molar-refractivity contribution in [2.45, 2.75) is 44.4 Å². The SMILES string of the molecule is CC(CC(F)(F)F)C(=O)N1C2CCC1CN(I)C2. The van der Waals surface area contributed by atoms with Crippen LogP contribution in [0.4, 0.5) is 13.2 Å². The van der Waals surface area contributed by atoms with Crippen molar-refractivity contribution in [2.75, 3.05) is 13.1 Å². The standard InChI is InChI=1S/C11H16F3IN2O/c1-7(4-11(12,13)14)10(18)17-8-2-3-9(17)6-16(15)5-8/h7-9H,2-6H2,1H3. The van der Waals surface area contributed by atoms with Crippen molar-refractivity contribution in [3.8, 4) is 0 Å². The maximum atomic E-state index is 12.3. The molecule has 0 radical (unpaired) electrons. The van der Waals surface area contributed by atoms with Gasteiger partial charge in [-0.1, -0.05) is 6.92 Å². The van der Waals surface area contributed by atoms with Crippen LogP contribution in [-0.2, 0) is 4.79 Å². The molecular weight excluding hydrogens is 360 g/mol. The first-order chi connectivity index (χ1) is 8.28. The van der Waals surface area contributed by atoms with E-state index < -0.39 is 18.5 Å². The van der Waals surface area contributed by atoms with Crippen molar-refractivity contribution in [1.82, 2.24) is 8.01 Å². The van der Waals surface area contributed by atoms with E-state index in [0.717, 1.165) is 25.9 Å². The number of amides is 1. The van der Waals surface area contributed by atoms with E-state index >= 15 is 0 Å². The summed E-state index contributed by atoms with van der Waals surface area (Å²) in [5.41, 5.74) is 0. The van der Waals surface area contributed by atoms with Gasteiger partial charge >= 0.3 is 6.18 Å². The van der Waals surface area contributed by atoms with Gasteiger partial charge in [0.25, 0.3) is 0 Å². The minimum absolute atomic E-state index is 0.101. The molecule has 0 aromatic carbocycles. The number of fused-ring (bicyclic) bond motifs is 2. The number of halogens is 4. The Balaban J connectivity index is 2.02. The van der Waals surface area contributed by atoms with Gasteiger partial charge in [0.2, 0.25) is 5.91 Å². The summed E-state index contributed by atoms with van der Waals surface area (Å²) >= 11 is 2.22. The van der Waals surface area contributed by atoms with E-state index in [4.69, 9.17) is 0 Å². The summed E-state index contributed by atoms with van der Waals surface area (Å²) < 4.78 is 39.1. The summed E-state index contributed by atoms with van der Waals surface area (Å²) in [5.74, 6) is -1.29. The van der Waals surface area contributed by atoms with E-state index in [-0.39, 0.29) is 18.0 Å². The molecule has 7 heteroatoms. The first kappa shape index (κ1) is 14.4. The Morgan fingerprint density at radius 2 is 1.83 bits per heavy atom. The third-order valence-electron chi connectivity index (χ3n) is 3.65. The summed E-state index contributed by atoms with van der Waals surface area (Å²) in [5, 5.41) is 0. The maximum Gasteiger partial charge on any atom is 0.389 e. The van der Waals surface area contributed by atoms with Crippen LogP contribution in [0.1, 0.15) is 26.2 Å². The molecule has 18 heavy (non-hydrogen) atoms. The average Bonchev–Trinajstić information content (AvgIpc) is 2.47. The lowest BCUT2D eigenvalue weighted by atomic mass is 10.0. The van der Waals surface area contributed by atoms with Crippen LogP contribution >= 0.6 is 22.9 Å². The van der Waals surface area contributed by atoms with Crippen molar-refractivity contribution in [2.24, 2.45) is 5.92 Å². The van der Waals surface area contributed by atoms with Crippen LogP contribution in [-0.4, -0.2) is 45.3 Å². The summed E-state index contributed by atoms with van der Waals surface area (Å²) in [6.45, 7) is 2.91. The topological polar surface area (TPSA) is 23.6 Å². The van der Waals surface area contributed by atoms with Crippen molar-refractivity contribution >= 4 is 28.8 Å². The quantitative estimate of drug-likeness (QED) is 0.547. The molecule has 0 aromatic rings. The van der Waals surface area contributed by atoms with Gasteiger partial charge in [-0.2, -0.15) is 13.2 Å². The normalized spacial score (nSPS) is 30.6. The third kappa shape index (κ3) is 3.09. The molecule has 0 spiro atoms. The zero-order valence-corrected chi connectivity index (χ0v) is 12.2. The minimum Gasteiger partial charge on any atom is -0.334 e. The number of hydrogen-bond acceptors (Lipinski definition) is 2. The average molecular weight is 376 g/mol. The molecule has 2 aliphatic rings. The Labute approximate surface area is 118 Å². The van der Waals surface area contributed by atoms with Crippen LogP contribution in [0.15, 0.2) is 0 Å². The first-order valence-electron chi connectivity index (χ1n) is 6.07. The maximum absolute atomic E-state index is 12.3. The molecule has 2 saturated heterocycles. The largest absolute Gasteiger partial charge is 0.389 e. The Bertz CT molecular complexity index is 323. The molecule has 0 aromatic heterocycles. The van der Waals surface area contributed by atoms with Gasteiger partial charge in [-0.15, -0.1) is 0 Å². The van der Waals surface area contributed by atoms with E-state index in [1.165, 1.54) is 6.92 Å². The zero-order chi connectivity index (χ0) is 13.5. The van der Waals surface area contributed by atoms with Crippen LogP contribution < -0.4 is 0 Å². The molecule has 2 rings (SSSR count). The van der Waals surface area contributed by atoms with Gasteiger partial charge < -0.3 is 4.90 Å². The number of piperazine rings is 1. The smallest absolute Gasteiger partial charge is 0.334 e. The van der Waals surface area contributed by atoms with Gasteiger partial charge in [0.05, 0.1) is 6.42 Å². The zero-order valence-electron chi connectivity index (χ0n) is 10.1. The lowest BCUT2D eigenvalue weighted by Gasteiger charge is -2.39. The number of carbonyl (C=O) groups is 1. The number of nitrogens with zero attached hydrogens (tertiary/aromatic N) is 2. The van der Waals surface area contributed by atoms with Gasteiger partial charge in [-0.25, -0.2) is 3.11 Å². The van der Waals surface area contributed by atoms with Crippen molar-refractivity contribution in [3.63, 3.8) is 0 Å². The predicted octanol–water partition coefficient (Wildman–Crippen LogP) is 2.60. The summed E-state index contributed by atoms with van der Waals surface area (Å²) in [6, 6.07) is 0.202. The Kier molecular flexibility index (Phi) is 4.10. The van der Waals surface area contributed by atoms with E-state index in [2.05, 4.69) is 26.0 Å². The summed E-state index contributed by atoms with van der Waals surface area (Å²) in [4.78, 5) is 13.9. The van der Waals surface area contributed by atoms with Crippen LogP contribution in [0.2, 0.25) is 0 Å². The number of alkyl halides is 3. The van der Waals surface area contributed by atoms with Gasteiger partial charge in [-0.3, -0.25) is 4.79 Å². The highest BCUT2D eigenvalue weighted by Gasteiger charge is 2.44. The molecule has 1 amide bonds. The second-order valence-electron chi connectivity index (χ2n) is 5.18. The molecule has 104 valence electrons. The van der Waals surface area contributed by atoms with Gasteiger partial charge in [-0.05, 0) is 12.8 Å². The molecule has 0 saturated carbocycles. The molecule has 0 aliphatic carbocycles. The van der Waals surface area contributed by atoms with Crippen molar-refractivity contribution in [1.29, 1.82) is 0 Å². The molecule has 3 atom stereocenters. The number of hydrogen-bond donors (Lipinski definition) is 0. The summed E-state index contributed by atoms with van der Waals surface area (Å²) in [7, 11) is 0. The van der Waals surface area contributed by atoms with E-state index in [9.17, 15) is 18.0 Å². The Hall–Kier alpha value is -0.0500. The van der Waals surface area contributed by atoms with Crippen molar-refractivity contribution < 1.29 is 18.0 Å². The fraction of sp³-hybridized carbons (Fsp3) is 0.909. The second kappa shape index (κ2) is 5.15. The fourth-order valence-electron chi connectivity index (χ4n) is 2.90. The van der Waals surface area contributed by atoms with Gasteiger partial charge in [0.15, 0.2) is 0 Å². The van der Waals surface area contributed by atoms with Gasteiger partial charge in [0.1, 0.15) is 0 Å². The lowest BCUT2D eigenvalue weighted by Crippen LogP contribution is -2.54.